The highest BCUT2D eigenvalue weighted by atomic mass is 14.9. The standard InChI is InChI=1S/C13H18N2/c14-13-12(8-4-5-9-15-13)10-11-6-2-1-3-7-11/h1-3,6-7,12H,4-5,8-10H2,(H2,14,15). The van der Waals surface area contributed by atoms with Gasteiger partial charge in [-0.05, 0) is 24.8 Å². The molecule has 0 radical (unpaired) electrons. The maximum Gasteiger partial charge on any atom is 0.0971 e. The van der Waals surface area contributed by atoms with Crippen LogP contribution >= 0.6 is 0 Å². The molecule has 15 heavy (non-hydrogen) atoms. The fourth-order valence-corrected chi connectivity index (χ4v) is 2.09. The normalized spacial score (nSPS) is 21.9. The summed E-state index contributed by atoms with van der Waals surface area (Å²) in [5, 5.41) is 0. The zero-order valence-corrected chi connectivity index (χ0v) is 9.02. The van der Waals surface area contributed by atoms with Gasteiger partial charge in [-0.15, -0.1) is 0 Å². The lowest BCUT2D eigenvalue weighted by Crippen LogP contribution is -2.24. The molecule has 0 saturated carbocycles. The highest BCUT2D eigenvalue weighted by molar-refractivity contribution is 5.83. The quantitative estimate of drug-likeness (QED) is 0.785. The molecule has 0 fully saturated rings. The van der Waals surface area contributed by atoms with Gasteiger partial charge in [0.2, 0.25) is 0 Å². The first-order chi connectivity index (χ1) is 7.36. The molecule has 2 rings (SSSR count). The second-order valence-corrected chi connectivity index (χ2v) is 4.19. The first-order valence-corrected chi connectivity index (χ1v) is 5.70. The first-order valence-electron chi connectivity index (χ1n) is 5.70. The summed E-state index contributed by atoms with van der Waals surface area (Å²) in [7, 11) is 0. The lowest BCUT2D eigenvalue weighted by Gasteiger charge is -2.14. The van der Waals surface area contributed by atoms with Crippen LogP contribution in [0.1, 0.15) is 24.8 Å². The Morgan fingerprint density at radius 2 is 2.00 bits per heavy atom. The van der Waals surface area contributed by atoms with Gasteiger partial charge in [-0.3, -0.25) is 4.99 Å². The third-order valence-electron chi connectivity index (χ3n) is 3.00. The molecular weight excluding hydrogens is 184 g/mol. The van der Waals surface area contributed by atoms with Crippen LogP contribution in [-0.2, 0) is 6.42 Å². The average Bonchev–Trinajstić information content (AvgIpc) is 2.46. The molecule has 2 nitrogen and oxygen atoms in total. The van der Waals surface area contributed by atoms with Gasteiger partial charge in [-0.2, -0.15) is 0 Å². The van der Waals surface area contributed by atoms with Crippen molar-refractivity contribution >= 4 is 5.84 Å². The summed E-state index contributed by atoms with van der Waals surface area (Å²) in [4.78, 5) is 4.40. The number of amidine groups is 1. The summed E-state index contributed by atoms with van der Waals surface area (Å²) in [5.74, 6) is 1.31. The van der Waals surface area contributed by atoms with Crippen LogP contribution in [0.3, 0.4) is 0 Å². The highest BCUT2D eigenvalue weighted by Gasteiger charge is 2.15. The van der Waals surface area contributed by atoms with Gasteiger partial charge in [-0.1, -0.05) is 36.8 Å². The second kappa shape index (κ2) is 4.96. The van der Waals surface area contributed by atoms with E-state index in [0.717, 1.165) is 18.8 Å². The van der Waals surface area contributed by atoms with Crippen LogP contribution in [0, 0.1) is 5.92 Å². The van der Waals surface area contributed by atoms with Crippen molar-refractivity contribution in [2.45, 2.75) is 25.7 Å². The maximum atomic E-state index is 5.98. The predicted molar refractivity (Wildman–Crippen MR) is 64.0 cm³/mol. The van der Waals surface area contributed by atoms with Gasteiger partial charge in [0, 0.05) is 12.5 Å². The molecule has 0 aliphatic carbocycles. The summed E-state index contributed by atoms with van der Waals surface area (Å²) in [5.41, 5.74) is 7.34. The van der Waals surface area contributed by atoms with E-state index in [1.807, 2.05) is 6.07 Å². The molecule has 80 valence electrons. The summed E-state index contributed by atoms with van der Waals surface area (Å²) in [6, 6.07) is 10.5. The molecule has 2 N–H and O–H groups in total. The number of nitrogens with two attached hydrogens (primary N) is 1. The largest absolute Gasteiger partial charge is 0.387 e. The van der Waals surface area contributed by atoms with Crippen molar-refractivity contribution in [3.05, 3.63) is 35.9 Å². The molecule has 1 aromatic rings. The smallest absolute Gasteiger partial charge is 0.0971 e. The van der Waals surface area contributed by atoms with Crippen molar-refractivity contribution in [2.24, 2.45) is 16.6 Å². The third-order valence-corrected chi connectivity index (χ3v) is 3.00. The van der Waals surface area contributed by atoms with E-state index in [-0.39, 0.29) is 0 Å². The number of benzene rings is 1. The van der Waals surface area contributed by atoms with E-state index in [2.05, 4.69) is 29.3 Å². The molecule has 1 aromatic carbocycles. The van der Waals surface area contributed by atoms with E-state index in [1.54, 1.807) is 0 Å². The topological polar surface area (TPSA) is 38.4 Å². The second-order valence-electron chi connectivity index (χ2n) is 4.19. The molecule has 1 heterocycles. The first kappa shape index (κ1) is 10.2. The van der Waals surface area contributed by atoms with Gasteiger partial charge in [-0.25, -0.2) is 0 Å². The Kier molecular flexibility index (Phi) is 3.38. The van der Waals surface area contributed by atoms with Crippen molar-refractivity contribution in [1.29, 1.82) is 0 Å². The summed E-state index contributed by atoms with van der Waals surface area (Å²) in [6.45, 7) is 0.914. The molecule has 2 heteroatoms. The lowest BCUT2D eigenvalue weighted by atomic mass is 9.94. The van der Waals surface area contributed by atoms with Crippen molar-refractivity contribution in [3.63, 3.8) is 0 Å². The monoisotopic (exact) mass is 202 g/mol. The lowest BCUT2D eigenvalue weighted by molar-refractivity contribution is 0.588. The molecule has 1 atom stereocenters. The highest BCUT2D eigenvalue weighted by Crippen LogP contribution is 2.18. The van der Waals surface area contributed by atoms with Gasteiger partial charge in [0.1, 0.15) is 0 Å². The number of hydrogen-bond donors (Lipinski definition) is 1. The Bertz CT molecular complexity index is 330. The number of nitrogens with zero attached hydrogens (tertiary/aromatic N) is 1. The van der Waals surface area contributed by atoms with E-state index in [0.29, 0.717) is 5.92 Å². The predicted octanol–water partition coefficient (Wildman–Crippen LogP) is 2.39. The van der Waals surface area contributed by atoms with Crippen LogP contribution in [0.4, 0.5) is 0 Å². The zero-order chi connectivity index (χ0) is 10.5. The van der Waals surface area contributed by atoms with E-state index >= 15 is 0 Å². The van der Waals surface area contributed by atoms with E-state index in [1.165, 1.54) is 24.8 Å². The van der Waals surface area contributed by atoms with Crippen LogP contribution in [0.5, 0.6) is 0 Å². The molecule has 0 amide bonds. The summed E-state index contributed by atoms with van der Waals surface area (Å²) < 4.78 is 0. The van der Waals surface area contributed by atoms with Crippen molar-refractivity contribution < 1.29 is 0 Å². The summed E-state index contributed by atoms with van der Waals surface area (Å²) >= 11 is 0. The SMILES string of the molecule is NC1=NCCCCC1Cc1ccccc1. The number of hydrogen-bond acceptors (Lipinski definition) is 2. The third kappa shape index (κ3) is 2.82. The van der Waals surface area contributed by atoms with Crippen LogP contribution in [0.25, 0.3) is 0 Å². The molecule has 1 aliphatic heterocycles. The minimum absolute atomic E-state index is 0.454. The van der Waals surface area contributed by atoms with Gasteiger partial charge < -0.3 is 5.73 Å². The molecule has 0 saturated heterocycles. The minimum atomic E-state index is 0.454. The minimum Gasteiger partial charge on any atom is -0.387 e. The Morgan fingerprint density at radius 3 is 2.80 bits per heavy atom. The fourth-order valence-electron chi connectivity index (χ4n) is 2.09. The van der Waals surface area contributed by atoms with Gasteiger partial charge >= 0.3 is 0 Å². The number of aliphatic imine (C=N–C) groups is 1. The van der Waals surface area contributed by atoms with Crippen LogP contribution in [0.2, 0.25) is 0 Å². The Labute approximate surface area is 91.2 Å². The Balaban J connectivity index is 2.04. The van der Waals surface area contributed by atoms with Crippen molar-refractivity contribution in [3.8, 4) is 0 Å². The summed E-state index contributed by atoms with van der Waals surface area (Å²) in [6.07, 6.45) is 4.66. The van der Waals surface area contributed by atoms with Crippen LogP contribution in [-0.4, -0.2) is 12.4 Å². The molecule has 0 aromatic heterocycles. The molecule has 0 spiro atoms. The van der Waals surface area contributed by atoms with Crippen LogP contribution < -0.4 is 5.73 Å². The van der Waals surface area contributed by atoms with Crippen LogP contribution in [0.15, 0.2) is 35.3 Å². The van der Waals surface area contributed by atoms with E-state index < -0.39 is 0 Å². The fraction of sp³-hybridized carbons (Fsp3) is 0.462. The van der Waals surface area contributed by atoms with E-state index in [9.17, 15) is 0 Å². The van der Waals surface area contributed by atoms with Crippen molar-refractivity contribution in [1.82, 2.24) is 0 Å². The number of rotatable bonds is 2. The van der Waals surface area contributed by atoms with E-state index in [4.69, 9.17) is 5.73 Å². The molecule has 1 unspecified atom stereocenters. The average molecular weight is 202 g/mol. The van der Waals surface area contributed by atoms with Gasteiger partial charge in [0.15, 0.2) is 0 Å². The van der Waals surface area contributed by atoms with Crippen molar-refractivity contribution in [2.75, 3.05) is 6.54 Å². The van der Waals surface area contributed by atoms with Gasteiger partial charge in [0.25, 0.3) is 0 Å². The maximum absolute atomic E-state index is 5.98. The molecular formula is C13H18N2. The molecule has 1 aliphatic rings. The zero-order valence-electron chi connectivity index (χ0n) is 9.02. The Hall–Kier alpha value is -1.31. The molecule has 0 bridgehead atoms. The van der Waals surface area contributed by atoms with Gasteiger partial charge in [0.05, 0.1) is 5.84 Å². The Morgan fingerprint density at radius 1 is 1.20 bits per heavy atom.